The van der Waals surface area contributed by atoms with Crippen molar-refractivity contribution in [3.63, 3.8) is 0 Å². The molecule has 0 saturated carbocycles. The zero-order valence-corrected chi connectivity index (χ0v) is 18.9. The number of hydrogen-bond donors (Lipinski definition) is 1. The van der Waals surface area contributed by atoms with Gasteiger partial charge in [0.25, 0.3) is 5.91 Å². The number of para-hydroxylation sites is 2. The molecule has 0 unspecified atom stereocenters. The van der Waals surface area contributed by atoms with E-state index in [2.05, 4.69) is 15.4 Å². The van der Waals surface area contributed by atoms with Gasteiger partial charge in [-0.1, -0.05) is 30.3 Å². The van der Waals surface area contributed by atoms with Gasteiger partial charge < -0.3 is 14.8 Å². The Hall–Kier alpha value is -4.13. The van der Waals surface area contributed by atoms with Gasteiger partial charge in [-0.3, -0.25) is 14.5 Å². The number of carbonyl (C=O) groups excluding carboxylic acids is 1. The maximum Gasteiger partial charge on any atom is 0.261 e. The molecule has 1 atom stereocenters. The van der Waals surface area contributed by atoms with E-state index in [0.29, 0.717) is 18.0 Å². The summed E-state index contributed by atoms with van der Waals surface area (Å²) < 4.78 is 12.9. The van der Waals surface area contributed by atoms with E-state index >= 15 is 0 Å². The highest BCUT2D eigenvalue weighted by Gasteiger charge is 2.17. The third-order valence-electron chi connectivity index (χ3n) is 5.23. The molecule has 33 heavy (non-hydrogen) atoms. The van der Waals surface area contributed by atoms with Crippen molar-refractivity contribution in [3.8, 4) is 33.9 Å². The number of nitrogens with one attached hydrogen (secondary N) is 1. The van der Waals surface area contributed by atoms with Crippen LogP contribution in [0.4, 0.5) is 0 Å². The lowest BCUT2D eigenvalue weighted by Crippen LogP contribution is -2.35. The topological polar surface area (TPSA) is 78.3 Å². The fourth-order valence-electron chi connectivity index (χ4n) is 3.57. The Morgan fingerprint density at radius 1 is 1.03 bits per heavy atom. The first-order chi connectivity index (χ1) is 16.0. The normalized spacial score (nSPS) is 11.6. The minimum Gasteiger partial charge on any atom is -0.493 e. The first-order valence-electron chi connectivity index (χ1n) is 10.7. The second-order valence-electron chi connectivity index (χ2n) is 7.63. The highest BCUT2D eigenvalue weighted by molar-refractivity contribution is 5.82. The highest BCUT2D eigenvalue weighted by Crippen LogP contribution is 2.31. The van der Waals surface area contributed by atoms with Gasteiger partial charge in [0, 0.05) is 43.3 Å². The molecule has 2 aromatic heterocycles. The van der Waals surface area contributed by atoms with Gasteiger partial charge >= 0.3 is 0 Å². The second-order valence-corrected chi connectivity index (χ2v) is 7.63. The van der Waals surface area contributed by atoms with E-state index in [9.17, 15) is 4.79 Å². The van der Waals surface area contributed by atoms with Gasteiger partial charge in [-0.25, -0.2) is 0 Å². The zero-order chi connectivity index (χ0) is 23.2. The summed E-state index contributed by atoms with van der Waals surface area (Å²) in [6.07, 6.45) is 4.87. The fourth-order valence-corrected chi connectivity index (χ4v) is 3.57. The van der Waals surface area contributed by atoms with Gasteiger partial charge in [0.15, 0.2) is 17.6 Å². The number of carbonyl (C=O) groups is 1. The fraction of sp³-hybridized carbons (Fsp3) is 0.192. The molecule has 0 bridgehead atoms. The van der Waals surface area contributed by atoms with Crippen molar-refractivity contribution in [2.24, 2.45) is 7.05 Å². The summed E-state index contributed by atoms with van der Waals surface area (Å²) >= 11 is 0. The van der Waals surface area contributed by atoms with Crippen molar-refractivity contribution in [2.45, 2.75) is 19.6 Å². The molecular weight excluding hydrogens is 416 g/mol. The number of aryl methyl sites for hydroxylation is 1. The molecule has 4 aromatic rings. The van der Waals surface area contributed by atoms with E-state index in [1.54, 1.807) is 43.2 Å². The largest absolute Gasteiger partial charge is 0.493 e. The number of methoxy groups -OCH3 is 1. The van der Waals surface area contributed by atoms with Crippen LogP contribution in [0.3, 0.4) is 0 Å². The average Bonchev–Trinajstić information content (AvgIpc) is 3.25. The number of aromatic nitrogens is 3. The van der Waals surface area contributed by atoms with Crippen LogP contribution in [0.1, 0.15) is 12.5 Å². The number of ether oxygens (including phenoxy) is 2. The van der Waals surface area contributed by atoms with E-state index in [0.717, 1.165) is 27.9 Å². The number of benzene rings is 2. The van der Waals surface area contributed by atoms with Gasteiger partial charge in [0.2, 0.25) is 0 Å². The molecule has 2 heterocycles. The molecule has 0 aliphatic carbocycles. The summed E-state index contributed by atoms with van der Waals surface area (Å²) in [5, 5.41) is 7.61. The van der Waals surface area contributed by atoms with Crippen LogP contribution in [0.5, 0.6) is 11.5 Å². The van der Waals surface area contributed by atoms with Crippen LogP contribution >= 0.6 is 0 Å². The molecular formula is C26H26N4O3. The molecule has 1 N–H and O–H groups in total. The minimum absolute atomic E-state index is 0.207. The molecule has 0 fully saturated rings. The lowest BCUT2D eigenvalue weighted by molar-refractivity contribution is -0.127. The Labute approximate surface area is 193 Å². The summed E-state index contributed by atoms with van der Waals surface area (Å²) in [7, 11) is 3.48. The monoisotopic (exact) mass is 442 g/mol. The molecule has 0 spiro atoms. The van der Waals surface area contributed by atoms with Crippen LogP contribution in [-0.2, 0) is 18.4 Å². The number of nitrogens with zero attached hydrogens (tertiary/aromatic N) is 3. The smallest absolute Gasteiger partial charge is 0.261 e. The zero-order valence-electron chi connectivity index (χ0n) is 18.9. The maximum atomic E-state index is 12.6. The van der Waals surface area contributed by atoms with Gasteiger partial charge in [-0.2, -0.15) is 5.10 Å². The molecule has 0 saturated heterocycles. The summed E-state index contributed by atoms with van der Waals surface area (Å²) in [4.78, 5) is 16.7. The summed E-state index contributed by atoms with van der Waals surface area (Å²) in [6, 6.07) is 19.2. The average molecular weight is 443 g/mol. The van der Waals surface area contributed by atoms with E-state index in [-0.39, 0.29) is 5.91 Å². The number of rotatable bonds is 8. The first-order valence-corrected chi connectivity index (χ1v) is 10.7. The van der Waals surface area contributed by atoms with Crippen molar-refractivity contribution in [1.82, 2.24) is 20.1 Å². The lowest BCUT2D eigenvalue weighted by atomic mass is 10.0. The first kappa shape index (κ1) is 22.1. The molecule has 2 aromatic carbocycles. The molecule has 7 nitrogen and oxygen atoms in total. The molecule has 7 heteroatoms. The van der Waals surface area contributed by atoms with Crippen molar-refractivity contribution in [1.29, 1.82) is 0 Å². The number of pyridine rings is 1. The summed E-state index contributed by atoms with van der Waals surface area (Å²) in [6.45, 7) is 2.09. The van der Waals surface area contributed by atoms with E-state index in [4.69, 9.17) is 9.47 Å². The van der Waals surface area contributed by atoms with Gasteiger partial charge in [0.05, 0.1) is 7.11 Å². The number of hydrogen-bond acceptors (Lipinski definition) is 5. The second kappa shape index (κ2) is 9.99. The van der Waals surface area contributed by atoms with Crippen molar-refractivity contribution < 1.29 is 14.3 Å². The third kappa shape index (κ3) is 5.20. The molecule has 0 radical (unpaired) electrons. The molecule has 4 rings (SSSR count). The lowest BCUT2D eigenvalue weighted by Gasteiger charge is -2.16. The quantitative estimate of drug-likeness (QED) is 0.442. The SMILES string of the molecule is COc1ccccc1O[C@H](C)C(=O)NCc1cccc(-c2nn(C)cc2-c2ccncc2)c1. The Morgan fingerprint density at radius 2 is 1.79 bits per heavy atom. The molecule has 1 amide bonds. The van der Waals surface area contributed by atoms with Crippen molar-refractivity contribution in [3.05, 3.63) is 84.8 Å². The van der Waals surface area contributed by atoms with Crippen LogP contribution in [0.25, 0.3) is 22.4 Å². The van der Waals surface area contributed by atoms with Crippen LogP contribution in [0.15, 0.2) is 79.3 Å². The Kier molecular flexibility index (Phi) is 6.69. The van der Waals surface area contributed by atoms with E-state index in [1.807, 2.05) is 61.8 Å². The number of amides is 1. The summed E-state index contributed by atoms with van der Waals surface area (Å²) in [5.41, 5.74) is 4.91. The van der Waals surface area contributed by atoms with E-state index < -0.39 is 6.10 Å². The Morgan fingerprint density at radius 3 is 2.55 bits per heavy atom. The van der Waals surface area contributed by atoms with Crippen LogP contribution in [-0.4, -0.2) is 33.9 Å². The van der Waals surface area contributed by atoms with Crippen molar-refractivity contribution in [2.75, 3.05) is 7.11 Å². The van der Waals surface area contributed by atoms with Crippen molar-refractivity contribution >= 4 is 5.91 Å². The maximum absolute atomic E-state index is 12.6. The molecule has 0 aliphatic heterocycles. The van der Waals surface area contributed by atoms with Crippen LogP contribution in [0, 0.1) is 0 Å². The predicted molar refractivity (Wildman–Crippen MR) is 127 cm³/mol. The Balaban J connectivity index is 1.46. The van der Waals surface area contributed by atoms with E-state index in [1.165, 1.54) is 0 Å². The van der Waals surface area contributed by atoms with Crippen LogP contribution < -0.4 is 14.8 Å². The van der Waals surface area contributed by atoms with Gasteiger partial charge in [0.1, 0.15) is 5.69 Å². The predicted octanol–water partition coefficient (Wildman–Crippen LogP) is 4.24. The van der Waals surface area contributed by atoms with Crippen LogP contribution in [0.2, 0.25) is 0 Å². The Bertz CT molecular complexity index is 1240. The minimum atomic E-state index is -0.668. The van der Waals surface area contributed by atoms with Gasteiger partial charge in [-0.05, 0) is 48.4 Å². The van der Waals surface area contributed by atoms with Gasteiger partial charge in [-0.15, -0.1) is 0 Å². The molecule has 168 valence electrons. The highest BCUT2D eigenvalue weighted by atomic mass is 16.5. The standard InChI is InChI=1S/C26H26N4O3/c1-18(33-24-10-5-4-9-23(24)32-3)26(31)28-16-19-7-6-8-21(15-19)25-22(17-30(2)29-25)20-11-13-27-14-12-20/h4-15,17-18H,16H2,1-3H3,(H,28,31)/t18-/m1/s1. The molecule has 0 aliphatic rings. The third-order valence-corrected chi connectivity index (χ3v) is 5.23. The summed E-state index contributed by atoms with van der Waals surface area (Å²) in [5.74, 6) is 0.912.